The van der Waals surface area contributed by atoms with Gasteiger partial charge >= 0.3 is 11.9 Å². The van der Waals surface area contributed by atoms with E-state index in [-0.39, 0.29) is 16.9 Å². The normalized spacial score (nSPS) is 23.4. The van der Waals surface area contributed by atoms with Gasteiger partial charge in [-0.2, -0.15) is 0 Å². The Hall–Kier alpha value is -4.61. The largest absolute Gasteiger partial charge is 0.504 e. The Morgan fingerprint density at radius 2 is 1.67 bits per heavy atom. The van der Waals surface area contributed by atoms with Crippen molar-refractivity contribution in [3.8, 4) is 40.1 Å². The highest BCUT2D eigenvalue weighted by Crippen LogP contribution is 2.43. The van der Waals surface area contributed by atoms with Crippen LogP contribution in [-0.4, -0.2) is 101 Å². The first-order valence-electron chi connectivity index (χ1n) is 12.6. The third-order valence-corrected chi connectivity index (χ3v) is 6.58. The lowest BCUT2D eigenvalue weighted by Crippen LogP contribution is -2.61. The van der Waals surface area contributed by atoms with Crippen LogP contribution in [0.2, 0.25) is 0 Å². The van der Waals surface area contributed by atoms with Crippen molar-refractivity contribution in [2.45, 2.75) is 56.1 Å². The maximum atomic E-state index is 12.7. The number of phenols is 4. The van der Waals surface area contributed by atoms with Crippen molar-refractivity contribution in [2.24, 2.45) is 0 Å². The van der Waals surface area contributed by atoms with Crippen LogP contribution in [0, 0.1) is 0 Å². The third kappa shape index (κ3) is 6.58. The molecule has 16 nitrogen and oxygen atoms in total. The van der Waals surface area contributed by atoms with E-state index in [0.717, 1.165) is 31.2 Å². The molecule has 0 amide bonds. The number of hydrogen-bond acceptors (Lipinski definition) is 15. The van der Waals surface area contributed by atoms with Gasteiger partial charge in [0.2, 0.25) is 12.0 Å². The summed E-state index contributed by atoms with van der Waals surface area (Å²) in [5, 5.41) is 90.0. The molecule has 0 radical (unpaired) electrons. The van der Waals surface area contributed by atoms with Crippen molar-refractivity contribution in [1.82, 2.24) is 0 Å². The molecule has 1 aliphatic heterocycles. The summed E-state index contributed by atoms with van der Waals surface area (Å²) in [5.74, 6) is -6.16. The topological polar surface area (TPSA) is 274 Å². The van der Waals surface area contributed by atoms with Gasteiger partial charge in [0.1, 0.15) is 35.0 Å². The van der Waals surface area contributed by atoms with Crippen LogP contribution in [0.1, 0.15) is 19.8 Å². The zero-order valence-corrected chi connectivity index (χ0v) is 22.3. The minimum Gasteiger partial charge on any atom is -0.504 e. The number of ether oxygens (including phenoxy) is 3. The Morgan fingerprint density at radius 1 is 0.977 bits per heavy atom. The molecule has 1 aliphatic rings. The fraction of sp³-hybridized carbons (Fsp3) is 0.370. The summed E-state index contributed by atoms with van der Waals surface area (Å²) in [5.41, 5.74) is -2.98. The molecule has 2 heterocycles. The highest BCUT2D eigenvalue weighted by atomic mass is 16.7. The first kappa shape index (κ1) is 31.3. The van der Waals surface area contributed by atoms with Gasteiger partial charge in [-0.3, -0.25) is 14.4 Å². The van der Waals surface area contributed by atoms with E-state index in [2.05, 4.69) is 0 Å². The number of aliphatic hydroxyl groups excluding tert-OH is 3. The second-order valence-electron chi connectivity index (χ2n) is 10.1. The monoisotopic (exact) mass is 608 g/mol. The summed E-state index contributed by atoms with van der Waals surface area (Å²) in [6, 6.07) is 5.51. The number of carboxylic acid groups (broad SMARTS) is 1. The Kier molecular flexibility index (Phi) is 8.70. The van der Waals surface area contributed by atoms with E-state index >= 15 is 0 Å². The molecule has 3 aromatic rings. The molecule has 0 bridgehead atoms. The average molecular weight is 609 g/mol. The van der Waals surface area contributed by atoms with E-state index in [1.54, 1.807) is 0 Å². The number of aliphatic carboxylic acids is 1. The number of carboxylic acids is 1. The number of fused-ring (bicyclic) bond motifs is 1. The summed E-state index contributed by atoms with van der Waals surface area (Å²) in [4.78, 5) is 36.0. The van der Waals surface area contributed by atoms with Crippen molar-refractivity contribution in [1.29, 1.82) is 0 Å². The average Bonchev–Trinajstić information content (AvgIpc) is 2.91. The fourth-order valence-corrected chi connectivity index (χ4v) is 4.49. The molecule has 232 valence electrons. The molecule has 43 heavy (non-hydrogen) atoms. The molecule has 4 rings (SSSR count). The number of esters is 1. The molecule has 1 aromatic heterocycles. The van der Waals surface area contributed by atoms with Crippen molar-refractivity contribution in [3.63, 3.8) is 0 Å². The third-order valence-electron chi connectivity index (χ3n) is 6.58. The number of phenolic OH excluding ortho intramolecular Hbond substituents is 4. The molecule has 1 fully saturated rings. The van der Waals surface area contributed by atoms with E-state index in [1.807, 2.05) is 0 Å². The predicted octanol–water partition coefficient (Wildman–Crippen LogP) is -0.372. The van der Waals surface area contributed by atoms with Crippen LogP contribution in [0.25, 0.3) is 22.3 Å². The molecular formula is C27H28O16. The quantitative estimate of drug-likeness (QED) is 0.111. The second-order valence-corrected chi connectivity index (χ2v) is 10.1. The molecule has 6 atom stereocenters. The van der Waals surface area contributed by atoms with Crippen molar-refractivity contribution >= 4 is 22.9 Å². The number of hydrogen-bond donors (Lipinski definition) is 9. The first-order chi connectivity index (χ1) is 20.1. The van der Waals surface area contributed by atoms with Crippen LogP contribution in [0.15, 0.2) is 39.5 Å². The van der Waals surface area contributed by atoms with Crippen LogP contribution in [0.5, 0.6) is 28.7 Å². The summed E-state index contributed by atoms with van der Waals surface area (Å²) in [6.07, 6.45) is -10.7. The minimum atomic E-state index is -2.00. The molecule has 0 saturated carbocycles. The standard InChI is InChI=1S/C27H28O16/c1-27(39,7-18(32)33)8-19(34)43-25-17(9-28)42-26(24(38)23(25)37)41-16-6-15-20(22(36)21(16)35)13(31)5-14(40-15)10-2-3-11(29)12(30)4-10/h2-6,17,23-26,28-30,35-39H,7-9H2,1H3,(H,32,33)/t17-,23-,24-,25-,26-,27-/m1/s1. The molecule has 16 heteroatoms. The lowest BCUT2D eigenvalue weighted by atomic mass is 9.97. The Bertz CT molecular complexity index is 1590. The zero-order valence-electron chi connectivity index (χ0n) is 22.3. The predicted molar refractivity (Wildman–Crippen MR) is 140 cm³/mol. The number of aliphatic hydroxyl groups is 4. The van der Waals surface area contributed by atoms with Gasteiger partial charge in [0, 0.05) is 17.7 Å². The summed E-state index contributed by atoms with van der Waals surface area (Å²) in [7, 11) is 0. The number of aromatic hydroxyl groups is 4. The number of rotatable bonds is 9. The molecular weight excluding hydrogens is 580 g/mol. The fourth-order valence-electron chi connectivity index (χ4n) is 4.49. The van der Waals surface area contributed by atoms with Crippen molar-refractivity contribution in [2.75, 3.05) is 6.61 Å². The summed E-state index contributed by atoms with van der Waals surface area (Å²) >= 11 is 0. The molecule has 0 unspecified atom stereocenters. The summed E-state index contributed by atoms with van der Waals surface area (Å²) < 4.78 is 21.6. The Labute approximate surface area is 240 Å². The van der Waals surface area contributed by atoms with Crippen LogP contribution in [-0.2, 0) is 19.1 Å². The Morgan fingerprint density at radius 3 is 2.30 bits per heavy atom. The van der Waals surface area contributed by atoms with Gasteiger partial charge in [0.15, 0.2) is 34.5 Å². The Balaban J connectivity index is 1.59. The lowest BCUT2D eigenvalue weighted by molar-refractivity contribution is -0.282. The lowest BCUT2D eigenvalue weighted by Gasteiger charge is -2.41. The zero-order chi connectivity index (χ0) is 31.8. The SMILES string of the molecule is C[C@@](O)(CC(=O)O)CC(=O)O[C@H]1[C@H](O)[C@@H](O)[C@H](Oc2cc3oc(-c4ccc(O)c(O)c4)cc(=O)c3c(O)c2O)O[C@@H]1CO. The van der Waals surface area contributed by atoms with Gasteiger partial charge < -0.3 is 64.6 Å². The van der Waals surface area contributed by atoms with Crippen molar-refractivity contribution in [3.05, 3.63) is 40.6 Å². The molecule has 0 aliphatic carbocycles. The van der Waals surface area contributed by atoms with Gasteiger partial charge in [-0.25, -0.2) is 0 Å². The van der Waals surface area contributed by atoms with Crippen LogP contribution >= 0.6 is 0 Å². The maximum Gasteiger partial charge on any atom is 0.309 e. The molecule has 1 saturated heterocycles. The van der Waals surface area contributed by atoms with Crippen LogP contribution in [0.3, 0.4) is 0 Å². The van der Waals surface area contributed by atoms with E-state index in [0.29, 0.717) is 0 Å². The first-order valence-corrected chi connectivity index (χ1v) is 12.6. The molecule has 2 aromatic carbocycles. The maximum absolute atomic E-state index is 12.7. The second kappa shape index (κ2) is 11.9. The van der Waals surface area contributed by atoms with E-state index in [1.165, 1.54) is 6.07 Å². The van der Waals surface area contributed by atoms with Crippen molar-refractivity contribution < 1.29 is 74.2 Å². The van der Waals surface area contributed by atoms with Gasteiger partial charge in [0.25, 0.3) is 0 Å². The highest BCUT2D eigenvalue weighted by molar-refractivity contribution is 5.89. The molecule has 0 spiro atoms. The number of carbonyl (C=O) groups is 2. The number of carbonyl (C=O) groups excluding carboxylic acids is 1. The van der Waals surface area contributed by atoms with Crippen LogP contribution < -0.4 is 10.2 Å². The van der Waals surface area contributed by atoms with E-state index < -0.39 is 107 Å². The van der Waals surface area contributed by atoms with Gasteiger partial charge in [-0.05, 0) is 25.1 Å². The number of benzene rings is 2. The van der Waals surface area contributed by atoms with Crippen LogP contribution in [0.4, 0.5) is 0 Å². The van der Waals surface area contributed by atoms with Gasteiger partial charge in [-0.15, -0.1) is 0 Å². The molecule has 9 N–H and O–H groups in total. The van der Waals surface area contributed by atoms with Gasteiger partial charge in [-0.1, -0.05) is 0 Å². The van der Waals surface area contributed by atoms with E-state index in [4.69, 9.17) is 23.7 Å². The van der Waals surface area contributed by atoms with E-state index in [9.17, 15) is 55.2 Å². The minimum absolute atomic E-state index is 0.111. The summed E-state index contributed by atoms with van der Waals surface area (Å²) in [6.45, 7) is 0.184. The smallest absolute Gasteiger partial charge is 0.309 e. The highest BCUT2D eigenvalue weighted by Gasteiger charge is 2.48. The van der Waals surface area contributed by atoms with Gasteiger partial charge in [0.05, 0.1) is 25.0 Å².